The molecule has 0 aliphatic rings. The maximum absolute atomic E-state index is 13.9. The summed E-state index contributed by atoms with van der Waals surface area (Å²) in [6.45, 7) is 1.49. The highest BCUT2D eigenvalue weighted by molar-refractivity contribution is 5.77. The zero-order valence-corrected chi connectivity index (χ0v) is 10.9. The van der Waals surface area contributed by atoms with E-state index in [9.17, 15) is 18.0 Å². The number of hydrogen-bond acceptors (Lipinski definition) is 2. The first-order valence-corrected chi connectivity index (χ1v) is 6.12. The predicted molar refractivity (Wildman–Crippen MR) is 72.0 cm³/mol. The van der Waals surface area contributed by atoms with Crippen molar-refractivity contribution in [1.82, 2.24) is 9.55 Å². The Morgan fingerprint density at radius 3 is 2.43 bits per heavy atom. The molecule has 2 aromatic carbocycles. The molecule has 0 unspecified atom stereocenters. The van der Waals surface area contributed by atoms with Gasteiger partial charge in [-0.1, -0.05) is 12.1 Å². The van der Waals surface area contributed by atoms with Gasteiger partial charge in [-0.3, -0.25) is 9.36 Å². The quantitative estimate of drug-likeness (QED) is 0.645. The van der Waals surface area contributed by atoms with Gasteiger partial charge in [0.1, 0.15) is 11.6 Å². The lowest BCUT2D eigenvalue weighted by Crippen LogP contribution is -2.23. The van der Waals surface area contributed by atoms with Gasteiger partial charge in [-0.15, -0.1) is 0 Å². The molecule has 0 saturated carbocycles. The lowest BCUT2D eigenvalue weighted by atomic mass is 10.2. The van der Waals surface area contributed by atoms with E-state index in [0.717, 1.165) is 4.57 Å². The minimum Gasteiger partial charge on any atom is -0.268 e. The summed E-state index contributed by atoms with van der Waals surface area (Å²) in [4.78, 5) is 16.6. The second kappa shape index (κ2) is 4.73. The van der Waals surface area contributed by atoms with E-state index in [1.54, 1.807) is 24.3 Å². The lowest BCUT2D eigenvalue weighted by Gasteiger charge is -2.12. The summed E-state index contributed by atoms with van der Waals surface area (Å²) in [5, 5.41) is 0.271. The molecule has 0 radical (unpaired) electrons. The van der Waals surface area contributed by atoms with E-state index in [-0.39, 0.29) is 16.9 Å². The first kappa shape index (κ1) is 13.4. The van der Waals surface area contributed by atoms with E-state index in [4.69, 9.17) is 0 Å². The number of nitrogens with zero attached hydrogens (tertiary/aromatic N) is 2. The molecule has 6 heteroatoms. The van der Waals surface area contributed by atoms with E-state index in [0.29, 0.717) is 17.6 Å². The second-order valence-corrected chi connectivity index (χ2v) is 4.53. The topological polar surface area (TPSA) is 34.9 Å². The van der Waals surface area contributed by atoms with Crippen molar-refractivity contribution in [3.8, 4) is 5.69 Å². The molecule has 1 aromatic heterocycles. The predicted octanol–water partition coefficient (Wildman–Crippen LogP) is 3.11. The smallest absolute Gasteiger partial charge is 0.266 e. The minimum atomic E-state index is -1.31. The van der Waals surface area contributed by atoms with Gasteiger partial charge in [0, 0.05) is 12.1 Å². The summed E-state index contributed by atoms with van der Waals surface area (Å²) < 4.78 is 41.2. The fourth-order valence-corrected chi connectivity index (χ4v) is 2.21. The number of halogens is 3. The van der Waals surface area contributed by atoms with Crippen LogP contribution in [0.1, 0.15) is 5.82 Å². The fourth-order valence-electron chi connectivity index (χ4n) is 2.21. The van der Waals surface area contributed by atoms with Gasteiger partial charge in [-0.05, 0) is 19.1 Å². The van der Waals surface area contributed by atoms with E-state index >= 15 is 0 Å². The summed E-state index contributed by atoms with van der Waals surface area (Å²) in [5.74, 6) is -3.39. The molecule has 0 N–H and O–H groups in total. The van der Waals surface area contributed by atoms with Crippen LogP contribution in [0.4, 0.5) is 13.2 Å². The van der Waals surface area contributed by atoms with Gasteiger partial charge < -0.3 is 0 Å². The van der Waals surface area contributed by atoms with Gasteiger partial charge >= 0.3 is 0 Å². The van der Waals surface area contributed by atoms with Crippen molar-refractivity contribution in [3.63, 3.8) is 0 Å². The molecule has 3 nitrogen and oxygen atoms in total. The van der Waals surface area contributed by atoms with Gasteiger partial charge in [0.25, 0.3) is 5.56 Å². The molecule has 0 bridgehead atoms. The fraction of sp³-hybridized carbons (Fsp3) is 0.0667. The number of benzene rings is 2. The first-order chi connectivity index (χ1) is 9.99. The van der Waals surface area contributed by atoms with Crippen molar-refractivity contribution in [2.24, 2.45) is 0 Å². The Hall–Kier alpha value is -2.63. The molecular formula is C15H9F3N2O. The van der Waals surface area contributed by atoms with E-state index < -0.39 is 23.0 Å². The Labute approximate surface area is 117 Å². The van der Waals surface area contributed by atoms with Crippen LogP contribution in [-0.2, 0) is 0 Å². The van der Waals surface area contributed by atoms with Gasteiger partial charge in [-0.25, -0.2) is 18.2 Å². The van der Waals surface area contributed by atoms with Crippen LogP contribution in [0.15, 0.2) is 41.2 Å². The average molecular weight is 290 g/mol. The molecule has 0 fully saturated rings. The Bertz CT molecular complexity index is 919. The van der Waals surface area contributed by atoms with Crippen LogP contribution in [-0.4, -0.2) is 9.55 Å². The third kappa shape index (κ3) is 2.08. The third-order valence-corrected chi connectivity index (χ3v) is 3.17. The number of aromatic nitrogens is 2. The molecule has 0 amide bonds. The highest BCUT2D eigenvalue weighted by Gasteiger charge is 2.16. The maximum atomic E-state index is 13.9. The number of hydrogen-bond donors (Lipinski definition) is 0. The molecule has 3 rings (SSSR count). The van der Waals surface area contributed by atoms with Crippen molar-refractivity contribution in [2.45, 2.75) is 6.92 Å². The number of fused-ring (bicyclic) bond motifs is 1. The molecule has 0 spiro atoms. The van der Waals surface area contributed by atoms with Crippen LogP contribution >= 0.6 is 0 Å². The molecule has 21 heavy (non-hydrogen) atoms. The van der Waals surface area contributed by atoms with Crippen molar-refractivity contribution in [2.75, 3.05) is 0 Å². The Morgan fingerprint density at radius 1 is 1.00 bits per heavy atom. The summed E-state index contributed by atoms with van der Waals surface area (Å²) in [7, 11) is 0. The van der Waals surface area contributed by atoms with Crippen LogP contribution in [0.5, 0.6) is 0 Å². The summed E-state index contributed by atoms with van der Waals surface area (Å²) >= 11 is 0. The Morgan fingerprint density at radius 2 is 1.67 bits per heavy atom. The van der Waals surface area contributed by atoms with Gasteiger partial charge in [0.15, 0.2) is 11.6 Å². The monoisotopic (exact) mass is 290 g/mol. The van der Waals surface area contributed by atoms with Crippen molar-refractivity contribution in [1.29, 1.82) is 0 Å². The molecule has 1 heterocycles. The standard InChI is InChI=1S/C15H9F3N2O/c1-8-19-13-5-3-2-4-9(13)15(21)20(8)14-7-11(17)10(16)6-12(14)18/h2-7H,1H3. The molecule has 0 saturated heterocycles. The Kier molecular flexibility index (Phi) is 3.01. The normalized spacial score (nSPS) is 11.0. The number of para-hydroxylation sites is 1. The lowest BCUT2D eigenvalue weighted by molar-refractivity contribution is 0.492. The molecule has 3 aromatic rings. The number of rotatable bonds is 1. The summed E-state index contributed by atoms with van der Waals surface area (Å²) in [6, 6.07) is 7.61. The highest BCUT2D eigenvalue weighted by atomic mass is 19.2. The van der Waals surface area contributed by atoms with Crippen LogP contribution in [0, 0.1) is 24.4 Å². The molecule has 0 aliphatic carbocycles. The Balaban J connectivity index is 2.41. The van der Waals surface area contributed by atoms with Gasteiger partial charge in [0.2, 0.25) is 0 Å². The van der Waals surface area contributed by atoms with Crippen LogP contribution < -0.4 is 5.56 Å². The van der Waals surface area contributed by atoms with Crippen molar-refractivity contribution in [3.05, 3.63) is 70.0 Å². The van der Waals surface area contributed by atoms with E-state index in [1.165, 1.54) is 6.92 Å². The number of aryl methyl sites for hydroxylation is 1. The van der Waals surface area contributed by atoms with Crippen LogP contribution in [0.2, 0.25) is 0 Å². The minimum absolute atomic E-state index is 0.184. The third-order valence-electron chi connectivity index (χ3n) is 3.17. The zero-order valence-electron chi connectivity index (χ0n) is 10.9. The van der Waals surface area contributed by atoms with Gasteiger partial charge in [-0.2, -0.15) is 0 Å². The average Bonchev–Trinajstić information content (AvgIpc) is 2.44. The molecule has 0 atom stereocenters. The van der Waals surface area contributed by atoms with Crippen molar-refractivity contribution >= 4 is 10.9 Å². The molecule has 0 aliphatic heterocycles. The molecule has 106 valence electrons. The molecular weight excluding hydrogens is 281 g/mol. The summed E-state index contributed by atoms with van der Waals surface area (Å²) in [6.07, 6.45) is 0. The SMILES string of the molecule is Cc1nc2ccccc2c(=O)n1-c1cc(F)c(F)cc1F. The van der Waals surface area contributed by atoms with E-state index in [1.807, 2.05) is 0 Å². The maximum Gasteiger partial charge on any atom is 0.266 e. The summed E-state index contributed by atoms with van der Waals surface area (Å²) in [5.41, 5.74) is -0.447. The van der Waals surface area contributed by atoms with Crippen LogP contribution in [0.3, 0.4) is 0 Å². The van der Waals surface area contributed by atoms with Gasteiger partial charge in [0.05, 0.1) is 16.6 Å². The second-order valence-electron chi connectivity index (χ2n) is 4.53. The zero-order chi connectivity index (χ0) is 15.1. The van der Waals surface area contributed by atoms with Crippen LogP contribution in [0.25, 0.3) is 16.6 Å². The van der Waals surface area contributed by atoms with Crippen molar-refractivity contribution < 1.29 is 13.2 Å². The first-order valence-electron chi connectivity index (χ1n) is 6.12. The van der Waals surface area contributed by atoms with E-state index in [2.05, 4.69) is 4.98 Å². The highest BCUT2D eigenvalue weighted by Crippen LogP contribution is 2.19. The largest absolute Gasteiger partial charge is 0.268 e.